The molecular weight excluding hydrogens is 400 g/mol. The number of anilines is 2. The Hall–Kier alpha value is -2.15. The molecule has 3 aliphatic rings. The van der Waals surface area contributed by atoms with Crippen LogP contribution in [0.3, 0.4) is 0 Å². The van der Waals surface area contributed by atoms with Gasteiger partial charge in [0.05, 0.1) is 0 Å². The first-order valence-electron chi connectivity index (χ1n) is 12.7. The van der Waals surface area contributed by atoms with Gasteiger partial charge in [0.1, 0.15) is 17.3 Å². The van der Waals surface area contributed by atoms with Gasteiger partial charge in [-0.15, -0.1) is 0 Å². The highest BCUT2D eigenvalue weighted by molar-refractivity contribution is 6.45. The Labute approximate surface area is 192 Å². The Bertz CT molecular complexity index is 777. The normalized spacial score (nSPS) is 21.4. The van der Waals surface area contributed by atoms with Crippen LogP contribution < -0.4 is 16.0 Å². The highest BCUT2D eigenvalue weighted by Gasteiger charge is 2.28. The monoisotopic (exact) mass is 440 g/mol. The van der Waals surface area contributed by atoms with Crippen LogP contribution in [0.5, 0.6) is 0 Å². The van der Waals surface area contributed by atoms with Crippen molar-refractivity contribution in [3.05, 3.63) is 17.7 Å². The quantitative estimate of drug-likeness (QED) is 0.459. The van der Waals surface area contributed by atoms with E-state index in [2.05, 4.69) is 25.8 Å². The summed E-state index contributed by atoms with van der Waals surface area (Å²) in [5.74, 6) is 2.01. The number of likely N-dealkylation sites (tertiary alicyclic amines) is 1. The summed E-state index contributed by atoms with van der Waals surface area (Å²) in [7, 11) is 1.80. The van der Waals surface area contributed by atoms with Gasteiger partial charge in [-0.1, -0.05) is 32.1 Å². The van der Waals surface area contributed by atoms with Crippen LogP contribution in [0, 0.1) is 11.3 Å². The van der Waals surface area contributed by atoms with E-state index in [0.717, 1.165) is 37.7 Å². The molecule has 1 aromatic rings. The van der Waals surface area contributed by atoms with Gasteiger partial charge in [0.2, 0.25) is 0 Å². The van der Waals surface area contributed by atoms with Crippen molar-refractivity contribution in [1.82, 2.24) is 15.2 Å². The Morgan fingerprint density at radius 2 is 1.69 bits per heavy atom. The lowest BCUT2D eigenvalue weighted by atomic mass is 9.97. The van der Waals surface area contributed by atoms with Crippen LogP contribution in [0.25, 0.3) is 0 Å². The molecule has 0 spiro atoms. The fraction of sp³-hybridized carbons (Fsp3) is 0.720. The number of aromatic nitrogens is 1. The predicted molar refractivity (Wildman–Crippen MR) is 131 cm³/mol. The molecule has 32 heavy (non-hydrogen) atoms. The molecule has 1 amide bonds. The molecule has 1 aromatic heterocycles. The van der Waals surface area contributed by atoms with Crippen LogP contribution in [0.1, 0.15) is 76.2 Å². The minimum absolute atomic E-state index is 0.0141. The zero-order valence-electron chi connectivity index (χ0n) is 19.6. The van der Waals surface area contributed by atoms with Crippen LogP contribution in [0.4, 0.5) is 11.6 Å². The Kier molecular flexibility index (Phi) is 8.00. The second kappa shape index (κ2) is 11.1. The van der Waals surface area contributed by atoms with E-state index in [9.17, 15) is 4.79 Å². The van der Waals surface area contributed by atoms with Crippen molar-refractivity contribution >= 4 is 23.3 Å². The molecule has 4 N–H and O–H groups in total. The molecule has 176 valence electrons. The van der Waals surface area contributed by atoms with Gasteiger partial charge in [-0.3, -0.25) is 10.2 Å². The van der Waals surface area contributed by atoms with E-state index in [1.165, 1.54) is 64.3 Å². The largest absolute Gasteiger partial charge is 0.373 e. The lowest BCUT2D eigenvalue weighted by Gasteiger charge is -2.32. The van der Waals surface area contributed by atoms with Gasteiger partial charge < -0.3 is 20.9 Å². The molecule has 2 aliphatic carbocycles. The molecule has 0 unspecified atom stereocenters. The predicted octanol–water partition coefficient (Wildman–Crippen LogP) is 4.01. The van der Waals surface area contributed by atoms with Gasteiger partial charge in [-0.25, -0.2) is 4.98 Å². The third-order valence-corrected chi connectivity index (χ3v) is 7.22. The molecule has 7 nitrogen and oxygen atoms in total. The Morgan fingerprint density at radius 1 is 1.00 bits per heavy atom. The molecule has 2 heterocycles. The maximum atomic E-state index is 12.8. The maximum Gasteiger partial charge on any atom is 0.270 e. The summed E-state index contributed by atoms with van der Waals surface area (Å²) in [6.45, 7) is 3.30. The Morgan fingerprint density at radius 3 is 2.34 bits per heavy atom. The van der Waals surface area contributed by atoms with E-state index in [1.54, 1.807) is 7.05 Å². The molecule has 1 aliphatic heterocycles. The van der Waals surface area contributed by atoms with Crippen LogP contribution in [-0.2, 0) is 4.79 Å². The molecule has 2 saturated carbocycles. The van der Waals surface area contributed by atoms with Crippen LogP contribution in [0.2, 0.25) is 0 Å². The van der Waals surface area contributed by atoms with Crippen molar-refractivity contribution in [3.8, 4) is 0 Å². The van der Waals surface area contributed by atoms with E-state index in [4.69, 9.17) is 5.41 Å². The number of hydrogen-bond donors (Lipinski definition) is 4. The SMILES string of the molecule is CNc1nc(NC2CCCCCCC2)ccc1C(=N)C(=O)NC1CCN(CC2CC2)CC1. The molecule has 4 rings (SSSR count). The van der Waals surface area contributed by atoms with Crippen molar-refractivity contribution in [3.63, 3.8) is 0 Å². The minimum Gasteiger partial charge on any atom is -0.373 e. The second-order valence-corrected chi connectivity index (χ2v) is 9.90. The van der Waals surface area contributed by atoms with Gasteiger partial charge in [0.15, 0.2) is 0 Å². The van der Waals surface area contributed by atoms with Gasteiger partial charge in [-0.05, 0) is 56.6 Å². The topological polar surface area (TPSA) is 93.1 Å². The highest BCUT2D eigenvalue weighted by atomic mass is 16.1. The summed E-state index contributed by atoms with van der Waals surface area (Å²) in [4.78, 5) is 20.0. The fourth-order valence-corrected chi connectivity index (χ4v) is 5.05. The van der Waals surface area contributed by atoms with E-state index in [-0.39, 0.29) is 17.7 Å². The smallest absolute Gasteiger partial charge is 0.270 e. The molecule has 0 atom stereocenters. The van der Waals surface area contributed by atoms with Crippen molar-refractivity contribution in [2.45, 2.75) is 82.7 Å². The fourth-order valence-electron chi connectivity index (χ4n) is 5.05. The molecule has 0 radical (unpaired) electrons. The number of hydrogen-bond acceptors (Lipinski definition) is 6. The first kappa shape index (κ1) is 23.0. The Balaban J connectivity index is 1.31. The third-order valence-electron chi connectivity index (χ3n) is 7.22. The lowest BCUT2D eigenvalue weighted by Crippen LogP contribution is -2.47. The van der Waals surface area contributed by atoms with E-state index in [1.807, 2.05) is 12.1 Å². The van der Waals surface area contributed by atoms with Gasteiger partial charge in [0, 0.05) is 44.3 Å². The number of carbonyl (C=O) groups is 1. The van der Waals surface area contributed by atoms with Crippen molar-refractivity contribution in [2.24, 2.45) is 5.92 Å². The maximum absolute atomic E-state index is 12.8. The molecule has 0 bridgehead atoms. The van der Waals surface area contributed by atoms with Crippen molar-refractivity contribution in [1.29, 1.82) is 5.41 Å². The third kappa shape index (κ3) is 6.44. The molecule has 7 heteroatoms. The van der Waals surface area contributed by atoms with E-state index >= 15 is 0 Å². The number of piperidine rings is 1. The number of rotatable bonds is 8. The standard InChI is InChI=1S/C25H40N6O/c1-27-24-21(11-12-22(30-24)28-19-7-5-3-2-4-6-8-19)23(26)25(32)29-20-13-15-31(16-14-20)17-18-9-10-18/h11-12,18-20,26H,2-10,13-17H2,1H3,(H,29,32)(H2,27,28,30). The van der Waals surface area contributed by atoms with E-state index in [0.29, 0.717) is 17.4 Å². The first-order valence-corrected chi connectivity index (χ1v) is 12.7. The van der Waals surface area contributed by atoms with Crippen LogP contribution in [0.15, 0.2) is 12.1 Å². The van der Waals surface area contributed by atoms with E-state index < -0.39 is 0 Å². The van der Waals surface area contributed by atoms with Crippen molar-refractivity contribution < 1.29 is 4.79 Å². The molecule has 0 aromatic carbocycles. The highest BCUT2D eigenvalue weighted by Crippen LogP contribution is 2.30. The average Bonchev–Trinajstić information content (AvgIpc) is 3.60. The van der Waals surface area contributed by atoms with Crippen LogP contribution >= 0.6 is 0 Å². The summed E-state index contributed by atoms with van der Waals surface area (Å²) in [5.41, 5.74) is 0.541. The molecule has 1 saturated heterocycles. The average molecular weight is 441 g/mol. The molecule has 3 fully saturated rings. The summed E-state index contributed by atoms with van der Waals surface area (Å²) in [6.07, 6.45) is 13.6. The zero-order chi connectivity index (χ0) is 22.3. The lowest BCUT2D eigenvalue weighted by molar-refractivity contribution is -0.115. The first-order chi connectivity index (χ1) is 15.6. The second-order valence-electron chi connectivity index (χ2n) is 9.90. The summed E-state index contributed by atoms with van der Waals surface area (Å²) < 4.78 is 0. The zero-order valence-corrected chi connectivity index (χ0v) is 19.6. The minimum atomic E-state index is -0.301. The van der Waals surface area contributed by atoms with Crippen molar-refractivity contribution in [2.75, 3.05) is 37.3 Å². The number of nitrogens with zero attached hydrogens (tertiary/aromatic N) is 2. The van der Waals surface area contributed by atoms with Gasteiger partial charge in [-0.2, -0.15) is 0 Å². The number of carbonyl (C=O) groups excluding carboxylic acids is 1. The number of amides is 1. The summed E-state index contributed by atoms with van der Waals surface area (Å²) >= 11 is 0. The summed E-state index contributed by atoms with van der Waals surface area (Å²) in [5, 5.41) is 18.2. The van der Waals surface area contributed by atoms with Crippen LogP contribution in [-0.4, -0.2) is 60.3 Å². The number of pyridine rings is 1. The van der Waals surface area contributed by atoms with Gasteiger partial charge in [0.25, 0.3) is 5.91 Å². The summed E-state index contributed by atoms with van der Waals surface area (Å²) in [6, 6.07) is 4.37. The molecular formula is C25H40N6O. The van der Waals surface area contributed by atoms with Gasteiger partial charge >= 0.3 is 0 Å². The number of nitrogens with one attached hydrogen (secondary N) is 4.